The molecule has 1 aromatic carbocycles. The second-order valence-electron chi connectivity index (χ2n) is 8.55. The fraction of sp³-hybridized carbons (Fsp3) is 0.500. The number of hydrogen-bond acceptors (Lipinski definition) is 4. The summed E-state index contributed by atoms with van der Waals surface area (Å²) >= 11 is 0. The number of aromatic nitrogens is 1. The van der Waals surface area contributed by atoms with Crippen molar-refractivity contribution in [3.05, 3.63) is 71.1 Å². The van der Waals surface area contributed by atoms with E-state index in [4.69, 9.17) is 0 Å². The monoisotopic (exact) mass is 530 g/mol. The van der Waals surface area contributed by atoms with E-state index in [1.165, 1.54) is 40.4 Å². The van der Waals surface area contributed by atoms with Crippen molar-refractivity contribution in [3.8, 4) is 0 Å². The van der Waals surface area contributed by atoms with Gasteiger partial charge in [0.2, 0.25) is 5.69 Å². The summed E-state index contributed by atoms with van der Waals surface area (Å²) in [5, 5.41) is 5.50. The van der Waals surface area contributed by atoms with Gasteiger partial charge in [-0.25, -0.2) is 0 Å². The molecule has 0 fully saturated rings. The molecule has 0 aliphatic heterocycles. The van der Waals surface area contributed by atoms with Gasteiger partial charge in [-0.1, -0.05) is 46.7 Å². The number of rotatable bonds is 15. The number of pyridine rings is 1. The predicted octanol–water partition coefficient (Wildman–Crippen LogP) is 5.52. The van der Waals surface area contributed by atoms with Gasteiger partial charge in [-0.2, -0.15) is 4.57 Å². The molecule has 4 nitrogen and oxygen atoms in total. The number of quaternary nitrogens is 1. The van der Waals surface area contributed by atoms with Crippen molar-refractivity contribution < 1.29 is 9.88 Å². The van der Waals surface area contributed by atoms with E-state index >= 15 is 0 Å². The molecule has 0 saturated heterocycles. The molecular formula is C30H50N4S2+2. The number of anilines is 1. The number of hydrogen-bond donors (Lipinski definition) is 2. The largest absolute Gasteiger partial charge is 0.371 e. The Balaban J connectivity index is 0.00000150. The van der Waals surface area contributed by atoms with E-state index in [-0.39, 0.29) is 0 Å². The van der Waals surface area contributed by atoms with E-state index in [0.29, 0.717) is 0 Å². The predicted molar refractivity (Wildman–Crippen MR) is 166 cm³/mol. The Morgan fingerprint density at radius 1 is 0.944 bits per heavy atom. The Bertz CT molecular complexity index is 892. The smallest absolute Gasteiger partial charge is 0.205 e. The third kappa shape index (κ3) is 13.0. The van der Waals surface area contributed by atoms with E-state index in [9.17, 15) is 0 Å². The summed E-state index contributed by atoms with van der Waals surface area (Å²) < 4.78 is 2.27. The van der Waals surface area contributed by atoms with Crippen molar-refractivity contribution in [3.63, 3.8) is 0 Å². The molecule has 2 rings (SSSR count). The average Bonchev–Trinajstić information content (AvgIpc) is 2.91. The summed E-state index contributed by atoms with van der Waals surface area (Å²) in [5.41, 5.74) is 6.39. The third-order valence-electron chi connectivity index (χ3n) is 5.87. The Morgan fingerprint density at radius 2 is 1.61 bits per heavy atom. The van der Waals surface area contributed by atoms with Gasteiger partial charge < -0.3 is 15.5 Å². The van der Waals surface area contributed by atoms with Gasteiger partial charge in [0, 0.05) is 55.0 Å². The lowest BCUT2D eigenvalue weighted by atomic mass is 10.0. The van der Waals surface area contributed by atoms with Crippen LogP contribution in [-0.2, 0) is 6.54 Å². The van der Waals surface area contributed by atoms with Crippen LogP contribution >= 0.6 is 21.6 Å². The van der Waals surface area contributed by atoms with Gasteiger partial charge in [-0.3, -0.25) is 0 Å². The average molecular weight is 531 g/mol. The van der Waals surface area contributed by atoms with E-state index in [0.717, 1.165) is 38.5 Å². The lowest BCUT2D eigenvalue weighted by molar-refractivity contribution is -0.695. The van der Waals surface area contributed by atoms with Gasteiger partial charge in [0.1, 0.15) is 6.54 Å². The molecule has 0 amide bonds. The van der Waals surface area contributed by atoms with Crippen molar-refractivity contribution in [2.24, 2.45) is 0 Å². The number of allylic oxidation sites excluding steroid dienone is 2. The van der Waals surface area contributed by atoms with Crippen LogP contribution in [0, 0.1) is 0 Å². The molecular weight excluding hydrogens is 480 g/mol. The van der Waals surface area contributed by atoms with Crippen LogP contribution in [0.5, 0.6) is 0 Å². The molecule has 0 aliphatic rings. The number of benzene rings is 1. The van der Waals surface area contributed by atoms with Crippen LogP contribution in [0.1, 0.15) is 52.8 Å². The number of nitrogens with zero attached hydrogens (tertiary/aromatic N) is 2. The van der Waals surface area contributed by atoms with Crippen LogP contribution in [0.4, 0.5) is 5.69 Å². The molecule has 0 radical (unpaired) electrons. The van der Waals surface area contributed by atoms with Crippen molar-refractivity contribution in [1.82, 2.24) is 5.32 Å². The zero-order valence-corrected chi connectivity index (χ0v) is 25.4. The summed E-state index contributed by atoms with van der Waals surface area (Å²) in [6.07, 6.45) is 6.69. The summed E-state index contributed by atoms with van der Waals surface area (Å²) in [7, 11) is 6.00. The van der Waals surface area contributed by atoms with Crippen LogP contribution in [0.15, 0.2) is 59.8 Å². The van der Waals surface area contributed by atoms with Crippen LogP contribution < -0.4 is 20.1 Å². The molecule has 36 heavy (non-hydrogen) atoms. The van der Waals surface area contributed by atoms with Crippen molar-refractivity contribution in [1.29, 1.82) is 0 Å². The standard InChI is InChI=1S/C27H40N3S2.C3H9N/c1-6-28-16-19-31-32-20-18-30(8-3)26-14-12-25(13-15-26)21-23(4)24(5)22-27-11-9-10-17-29(27)7-2;1-3-4-2/h9-15,17,21-22,28H,6-8,16,18-20H2,1-5H3;4H,3H2,1-2H3/q+1;/p+1. The van der Waals surface area contributed by atoms with Gasteiger partial charge in [-0.15, -0.1) is 0 Å². The minimum atomic E-state index is 0.978. The molecule has 3 N–H and O–H groups in total. The van der Waals surface area contributed by atoms with Gasteiger partial charge >= 0.3 is 0 Å². The van der Waals surface area contributed by atoms with Crippen LogP contribution in [-0.4, -0.2) is 51.3 Å². The first-order chi connectivity index (χ1) is 17.5. The van der Waals surface area contributed by atoms with E-state index in [1.54, 1.807) is 0 Å². The molecule has 200 valence electrons. The third-order valence-corrected chi connectivity index (χ3v) is 8.26. The highest BCUT2D eigenvalue weighted by Gasteiger charge is 2.07. The Morgan fingerprint density at radius 3 is 2.22 bits per heavy atom. The van der Waals surface area contributed by atoms with Crippen molar-refractivity contribution in [2.75, 3.05) is 56.2 Å². The second kappa shape index (κ2) is 20.3. The van der Waals surface area contributed by atoms with Gasteiger partial charge in [0.15, 0.2) is 6.20 Å². The molecule has 2 aromatic rings. The van der Waals surface area contributed by atoms with Crippen molar-refractivity contribution in [2.45, 2.75) is 48.1 Å². The maximum Gasteiger partial charge on any atom is 0.205 e. The lowest BCUT2D eigenvalue weighted by Gasteiger charge is -2.23. The highest BCUT2D eigenvalue weighted by molar-refractivity contribution is 8.76. The molecule has 0 saturated carbocycles. The van der Waals surface area contributed by atoms with Crippen LogP contribution in [0.3, 0.4) is 0 Å². The zero-order chi connectivity index (χ0) is 26.6. The highest BCUT2D eigenvalue weighted by Crippen LogP contribution is 2.23. The topological polar surface area (TPSA) is 35.8 Å². The molecule has 0 unspecified atom stereocenters. The molecule has 6 heteroatoms. The summed E-state index contributed by atoms with van der Waals surface area (Å²) in [6, 6.07) is 15.3. The van der Waals surface area contributed by atoms with Gasteiger partial charge in [0.05, 0.1) is 13.6 Å². The summed E-state index contributed by atoms with van der Waals surface area (Å²) in [5.74, 6) is 2.31. The second-order valence-corrected chi connectivity index (χ2v) is 11.3. The lowest BCUT2D eigenvalue weighted by Crippen LogP contribution is -2.78. The maximum absolute atomic E-state index is 3.37. The first-order valence-electron chi connectivity index (χ1n) is 13.4. The van der Waals surface area contributed by atoms with Gasteiger partial charge in [-0.05, 0) is 76.1 Å². The van der Waals surface area contributed by atoms with Crippen LogP contribution in [0.2, 0.25) is 0 Å². The fourth-order valence-electron chi connectivity index (χ4n) is 3.42. The first kappa shape index (κ1) is 32.3. The molecule has 1 aromatic heterocycles. The number of aryl methyl sites for hydroxylation is 1. The normalized spacial score (nSPS) is 11.8. The molecule has 0 aliphatic carbocycles. The number of nitrogens with two attached hydrogens (primary N) is 1. The fourth-order valence-corrected chi connectivity index (χ4v) is 5.35. The Labute approximate surface area is 229 Å². The summed E-state index contributed by atoms with van der Waals surface area (Å²) in [6.45, 7) is 19.5. The molecule has 1 heterocycles. The SMILES string of the molecule is CCNCCSSCCN(CC)c1ccc(/C=C(C)\C(C)=C\c2cccc[n+]2CC)cc1.CC[NH2+]C. The first-order valence-corrected chi connectivity index (χ1v) is 15.9. The maximum atomic E-state index is 3.37. The zero-order valence-electron chi connectivity index (χ0n) is 23.7. The van der Waals surface area contributed by atoms with E-state index < -0.39 is 0 Å². The molecule has 0 atom stereocenters. The van der Waals surface area contributed by atoms with E-state index in [2.05, 4.69) is 130 Å². The van der Waals surface area contributed by atoms with E-state index in [1.807, 2.05) is 21.6 Å². The molecule has 0 spiro atoms. The molecule has 0 bridgehead atoms. The van der Waals surface area contributed by atoms with Gasteiger partial charge in [0.25, 0.3) is 0 Å². The quantitative estimate of drug-likeness (QED) is 0.138. The number of nitrogens with one attached hydrogen (secondary N) is 1. The Hall–Kier alpha value is -1.73. The van der Waals surface area contributed by atoms with Crippen molar-refractivity contribution >= 4 is 39.4 Å². The Kier molecular flexibility index (Phi) is 18.3. The van der Waals surface area contributed by atoms with Crippen LogP contribution in [0.25, 0.3) is 12.2 Å². The minimum absolute atomic E-state index is 0.978. The minimum Gasteiger partial charge on any atom is -0.371 e. The summed E-state index contributed by atoms with van der Waals surface area (Å²) in [4.78, 5) is 2.46. The highest BCUT2D eigenvalue weighted by atomic mass is 33.1.